The molecule has 0 aromatic heterocycles. The fourth-order valence-corrected chi connectivity index (χ4v) is 2.03. The SMILES string of the molecule is COc1cccc(C(=O)N2N=C(C)CC2(O)C(F)(F)F)c1. The van der Waals surface area contributed by atoms with Crippen LogP contribution in [-0.2, 0) is 0 Å². The topological polar surface area (TPSA) is 62.1 Å². The van der Waals surface area contributed by atoms with Crippen molar-refractivity contribution in [1.82, 2.24) is 5.01 Å². The van der Waals surface area contributed by atoms with Crippen molar-refractivity contribution < 1.29 is 27.8 Å². The average molecular weight is 302 g/mol. The molecule has 1 heterocycles. The number of carbonyl (C=O) groups excluding carboxylic acids is 1. The third-order valence-corrected chi connectivity index (χ3v) is 3.09. The van der Waals surface area contributed by atoms with Gasteiger partial charge < -0.3 is 9.84 Å². The van der Waals surface area contributed by atoms with Crippen molar-refractivity contribution in [3.05, 3.63) is 29.8 Å². The van der Waals surface area contributed by atoms with Crippen LogP contribution in [0, 0.1) is 0 Å². The van der Waals surface area contributed by atoms with Crippen molar-refractivity contribution in [2.75, 3.05) is 7.11 Å². The van der Waals surface area contributed by atoms with Gasteiger partial charge in [0.2, 0.25) is 0 Å². The van der Waals surface area contributed by atoms with Gasteiger partial charge in [0.1, 0.15) is 5.75 Å². The maximum atomic E-state index is 13.0. The number of aliphatic hydroxyl groups is 1. The maximum Gasteiger partial charge on any atom is 0.438 e. The van der Waals surface area contributed by atoms with E-state index in [2.05, 4.69) is 5.10 Å². The number of alkyl halides is 3. The minimum Gasteiger partial charge on any atom is -0.497 e. The molecule has 0 saturated carbocycles. The second kappa shape index (κ2) is 5.03. The zero-order valence-electron chi connectivity index (χ0n) is 11.3. The Bertz CT molecular complexity index is 601. The van der Waals surface area contributed by atoms with Crippen LogP contribution in [0.15, 0.2) is 29.4 Å². The van der Waals surface area contributed by atoms with E-state index in [4.69, 9.17) is 4.74 Å². The van der Waals surface area contributed by atoms with E-state index in [0.29, 0.717) is 5.75 Å². The summed E-state index contributed by atoms with van der Waals surface area (Å²) in [5, 5.41) is 13.5. The van der Waals surface area contributed by atoms with E-state index < -0.39 is 24.2 Å². The van der Waals surface area contributed by atoms with Gasteiger partial charge in [0.25, 0.3) is 11.6 Å². The quantitative estimate of drug-likeness (QED) is 0.910. The summed E-state index contributed by atoms with van der Waals surface area (Å²) in [6.45, 7) is 1.32. The molecule has 0 radical (unpaired) electrons. The molecule has 1 aliphatic rings. The molecule has 1 aliphatic heterocycles. The first-order valence-electron chi connectivity index (χ1n) is 6.01. The Hall–Kier alpha value is -2.09. The van der Waals surface area contributed by atoms with Crippen LogP contribution in [0.4, 0.5) is 13.2 Å². The Balaban J connectivity index is 2.40. The van der Waals surface area contributed by atoms with Crippen LogP contribution in [0.2, 0.25) is 0 Å². The van der Waals surface area contributed by atoms with Crippen LogP contribution in [0.3, 0.4) is 0 Å². The molecule has 5 nitrogen and oxygen atoms in total. The average Bonchev–Trinajstić information content (AvgIpc) is 2.74. The lowest BCUT2D eigenvalue weighted by Gasteiger charge is -2.32. The number of carbonyl (C=O) groups is 1. The zero-order valence-corrected chi connectivity index (χ0v) is 11.3. The van der Waals surface area contributed by atoms with Gasteiger partial charge in [-0.05, 0) is 25.1 Å². The van der Waals surface area contributed by atoms with Crippen LogP contribution in [0.5, 0.6) is 5.75 Å². The molecule has 0 fully saturated rings. The predicted octanol–water partition coefficient (Wildman–Crippen LogP) is 2.17. The van der Waals surface area contributed by atoms with Crippen LogP contribution in [0.25, 0.3) is 0 Å². The summed E-state index contributed by atoms with van der Waals surface area (Å²) in [7, 11) is 1.37. The molecule has 1 aromatic rings. The Morgan fingerprint density at radius 3 is 2.71 bits per heavy atom. The molecule has 21 heavy (non-hydrogen) atoms. The molecule has 0 spiro atoms. The third-order valence-electron chi connectivity index (χ3n) is 3.09. The molecule has 0 saturated heterocycles. The largest absolute Gasteiger partial charge is 0.497 e. The van der Waals surface area contributed by atoms with Crippen molar-refractivity contribution in [2.45, 2.75) is 25.2 Å². The predicted molar refractivity (Wildman–Crippen MR) is 67.9 cm³/mol. The van der Waals surface area contributed by atoms with Crippen molar-refractivity contribution >= 4 is 11.6 Å². The van der Waals surface area contributed by atoms with Gasteiger partial charge in [-0.2, -0.15) is 23.3 Å². The van der Waals surface area contributed by atoms with Gasteiger partial charge in [0.15, 0.2) is 0 Å². The van der Waals surface area contributed by atoms with Crippen LogP contribution in [0.1, 0.15) is 23.7 Å². The van der Waals surface area contributed by atoms with Gasteiger partial charge in [0.05, 0.1) is 7.11 Å². The summed E-state index contributed by atoms with van der Waals surface area (Å²) in [5.74, 6) is -0.734. The number of halogens is 3. The van der Waals surface area contributed by atoms with Gasteiger partial charge >= 0.3 is 6.18 Å². The van der Waals surface area contributed by atoms with E-state index in [-0.39, 0.29) is 16.3 Å². The second-order valence-corrected chi connectivity index (χ2v) is 4.68. The summed E-state index contributed by atoms with van der Waals surface area (Å²) in [4.78, 5) is 12.2. The standard InChI is InChI=1S/C13H13F3N2O3/c1-8-7-12(20,13(14,15)16)18(17-8)11(19)9-4-3-5-10(6-9)21-2/h3-6,20H,7H2,1-2H3. The fraction of sp³-hybridized carbons (Fsp3) is 0.385. The van der Waals surface area contributed by atoms with Crippen LogP contribution < -0.4 is 4.74 Å². The number of hydrogen-bond donors (Lipinski definition) is 1. The highest BCUT2D eigenvalue weighted by Crippen LogP contribution is 2.40. The van der Waals surface area contributed by atoms with E-state index >= 15 is 0 Å². The normalized spacial score (nSPS) is 22.2. The molecule has 1 unspecified atom stereocenters. The molecule has 1 amide bonds. The fourth-order valence-electron chi connectivity index (χ4n) is 2.03. The van der Waals surface area contributed by atoms with Crippen molar-refractivity contribution in [3.8, 4) is 5.75 Å². The highest BCUT2D eigenvalue weighted by atomic mass is 19.4. The Labute approximate surface area is 118 Å². The van der Waals surface area contributed by atoms with Crippen LogP contribution >= 0.6 is 0 Å². The lowest BCUT2D eigenvalue weighted by Crippen LogP contribution is -2.56. The van der Waals surface area contributed by atoms with Crippen LogP contribution in [-0.4, -0.2) is 40.7 Å². The van der Waals surface area contributed by atoms with E-state index in [0.717, 1.165) is 0 Å². The highest BCUT2D eigenvalue weighted by molar-refractivity contribution is 5.98. The number of ether oxygens (including phenoxy) is 1. The van der Waals surface area contributed by atoms with Crippen molar-refractivity contribution in [3.63, 3.8) is 0 Å². The number of methoxy groups -OCH3 is 1. The molecule has 2 rings (SSSR count). The minimum absolute atomic E-state index is 0.0195. The molecule has 114 valence electrons. The van der Waals surface area contributed by atoms with E-state index in [1.807, 2.05) is 0 Å². The number of hydrazone groups is 1. The Morgan fingerprint density at radius 2 is 2.14 bits per heavy atom. The van der Waals surface area contributed by atoms with Gasteiger partial charge in [-0.3, -0.25) is 4.79 Å². The first-order valence-corrected chi connectivity index (χ1v) is 6.01. The van der Waals surface area contributed by atoms with Crippen molar-refractivity contribution in [2.24, 2.45) is 5.10 Å². The molecular formula is C13H13F3N2O3. The van der Waals surface area contributed by atoms with Gasteiger partial charge in [-0.15, -0.1) is 0 Å². The first kappa shape index (κ1) is 15.3. The Morgan fingerprint density at radius 1 is 1.48 bits per heavy atom. The Kier molecular flexibility index (Phi) is 3.66. The second-order valence-electron chi connectivity index (χ2n) is 4.68. The van der Waals surface area contributed by atoms with E-state index in [1.54, 1.807) is 6.07 Å². The zero-order chi connectivity index (χ0) is 15.8. The molecule has 1 aromatic carbocycles. The van der Waals surface area contributed by atoms with Gasteiger partial charge in [-0.25, -0.2) is 0 Å². The number of nitrogens with zero attached hydrogens (tertiary/aromatic N) is 2. The number of rotatable bonds is 2. The summed E-state index contributed by atoms with van der Waals surface area (Å²) in [5.41, 5.74) is -3.36. The minimum atomic E-state index is -5.01. The maximum absolute atomic E-state index is 13.0. The number of benzene rings is 1. The molecular weight excluding hydrogens is 289 g/mol. The number of hydrogen-bond acceptors (Lipinski definition) is 4. The lowest BCUT2D eigenvalue weighted by molar-refractivity contribution is -0.297. The summed E-state index contributed by atoms with van der Waals surface area (Å²) >= 11 is 0. The van der Waals surface area contributed by atoms with Crippen molar-refractivity contribution in [1.29, 1.82) is 0 Å². The van der Waals surface area contributed by atoms with E-state index in [1.165, 1.54) is 32.2 Å². The number of amides is 1. The summed E-state index contributed by atoms with van der Waals surface area (Å²) in [6.07, 6.45) is -5.78. The third kappa shape index (κ3) is 2.58. The molecule has 0 aliphatic carbocycles. The van der Waals surface area contributed by atoms with Gasteiger partial charge in [-0.1, -0.05) is 6.07 Å². The lowest BCUT2D eigenvalue weighted by atomic mass is 10.1. The highest BCUT2D eigenvalue weighted by Gasteiger charge is 2.62. The smallest absolute Gasteiger partial charge is 0.438 e. The molecule has 1 atom stereocenters. The first-order chi connectivity index (χ1) is 9.69. The monoisotopic (exact) mass is 302 g/mol. The van der Waals surface area contributed by atoms with Gasteiger partial charge in [0, 0.05) is 17.7 Å². The molecule has 8 heteroatoms. The summed E-state index contributed by atoms with van der Waals surface area (Å²) in [6, 6.07) is 5.61. The summed E-state index contributed by atoms with van der Waals surface area (Å²) < 4.78 is 44.1. The molecule has 1 N–H and O–H groups in total. The van der Waals surface area contributed by atoms with E-state index in [9.17, 15) is 23.1 Å². The molecule has 0 bridgehead atoms.